The molecule has 0 aliphatic carbocycles. The molecule has 0 saturated carbocycles. The van der Waals surface area contributed by atoms with Crippen LogP contribution in [0, 0.1) is 0 Å². The maximum atomic E-state index is 13.3. The molecular formula is C23H24N2O6S2. The summed E-state index contributed by atoms with van der Waals surface area (Å²) in [6, 6.07) is 19.0. The first-order valence-corrected chi connectivity index (χ1v) is 13.2. The number of methoxy groups -OCH3 is 1. The summed E-state index contributed by atoms with van der Waals surface area (Å²) in [7, 11) is -4.64. The van der Waals surface area contributed by atoms with Gasteiger partial charge in [0.05, 0.1) is 12.0 Å². The summed E-state index contributed by atoms with van der Waals surface area (Å²) in [6.07, 6.45) is 1.07. The molecule has 33 heavy (non-hydrogen) atoms. The zero-order valence-electron chi connectivity index (χ0n) is 18.3. The Hall–Kier alpha value is -3.21. The van der Waals surface area contributed by atoms with E-state index in [4.69, 9.17) is 4.74 Å². The molecule has 174 valence electrons. The Morgan fingerprint density at radius 1 is 0.939 bits per heavy atom. The first-order chi connectivity index (χ1) is 15.5. The summed E-state index contributed by atoms with van der Waals surface area (Å²) >= 11 is 0. The lowest BCUT2D eigenvalue weighted by molar-refractivity contribution is 0.102. The highest BCUT2D eigenvalue weighted by atomic mass is 32.2. The monoisotopic (exact) mass is 488 g/mol. The third-order valence-corrected chi connectivity index (χ3v) is 7.82. The van der Waals surface area contributed by atoms with Gasteiger partial charge in [0.15, 0.2) is 9.84 Å². The van der Waals surface area contributed by atoms with Gasteiger partial charge in [-0.15, -0.1) is 0 Å². The molecule has 10 heteroatoms. The number of ether oxygens (including phenoxy) is 1. The zero-order valence-corrected chi connectivity index (χ0v) is 20.0. The maximum Gasteiger partial charge on any atom is 0.255 e. The Kier molecular flexibility index (Phi) is 7.21. The molecule has 0 aromatic heterocycles. The maximum absolute atomic E-state index is 13.3. The molecule has 8 nitrogen and oxygen atoms in total. The molecule has 0 heterocycles. The molecule has 0 radical (unpaired) electrons. The van der Waals surface area contributed by atoms with Gasteiger partial charge < -0.3 is 10.1 Å². The number of anilines is 1. The number of sulfonamides is 1. The fourth-order valence-corrected chi connectivity index (χ4v) is 5.12. The Morgan fingerprint density at radius 2 is 1.64 bits per heavy atom. The van der Waals surface area contributed by atoms with E-state index in [2.05, 4.69) is 5.32 Å². The van der Waals surface area contributed by atoms with E-state index in [1.807, 2.05) is 30.3 Å². The minimum Gasteiger partial charge on any atom is -0.495 e. The topological polar surface area (TPSA) is 110 Å². The van der Waals surface area contributed by atoms with Crippen molar-refractivity contribution in [3.8, 4) is 5.75 Å². The fourth-order valence-electron chi connectivity index (χ4n) is 3.12. The van der Waals surface area contributed by atoms with Crippen LogP contribution in [0.4, 0.5) is 5.69 Å². The van der Waals surface area contributed by atoms with E-state index < -0.39 is 25.8 Å². The van der Waals surface area contributed by atoms with Gasteiger partial charge in [-0.05, 0) is 42.0 Å². The second-order valence-electron chi connectivity index (χ2n) is 7.37. The quantitative estimate of drug-likeness (QED) is 0.522. The van der Waals surface area contributed by atoms with Gasteiger partial charge in [0, 0.05) is 31.1 Å². The van der Waals surface area contributed by atoms with Gasteiger partial charge in [0.2, 0.25) is 10.0 Å². The number of hydrogen-bond donors (Lipinski definition) is 1. The average Bonchev–Trinajstić information content (AvgIpc) is 2.78. The summed E-state index contributed by atoms with van der Waals surface area (Å²) in [5, 5.41) is 2.60. The van der Waals surface area contributed by atoms with Crippen LogP contribution in [0.3, 0.4) is 0 Å². The van der Waals surface area contributed by atoms with Gasteiger partial charge in [-0.2, -0.15) is 4.31 Å². The average molecular weight is 489 g/mol. The van der Waals surface area contributed by atoms with Crippen molar-refractivity contribution in [3.05, 3.63) is 83.9 Å². The Bertz CT molecular complexity index is 1370. The van der Waals surface area contributed by atoms with Crippen LogP contribution in [0.25, 0.3) is 0 Å². The highest BCUT2D eigenvalue weighted by Gasteiger charge is 2.26. The molecule has 0 aliphatic heterocycles. The summed E-state index contributed by atoms with van der Waals surface area (Å²) in [5.41, 5.74) is 1.15. The molecule has 0 bridgehead atoms. The van der Waals surface area contributed by atoms with Gasteiger partial charge in [0.25, 0.3) is 5.91 Å². The first kappa shape index (κ1) is 24.4. The van der Waals surface area contributed by atoms with Crippen LogP contribution in [-0.4, -0.2) is 47.5 Å². The highest BCUT2D eigenvalue weighted by molar-refractivity contribution is 7.90. The second-order valence-corrected chi connectivity index (χ2v) is 11.4. The van der Waals surface area contributed by atoms with Crippen LogP contribution in [0.15, 0.2) is 82.6 Å². The number of sulfone groups is 1. The lowest BCUT2D eigenvalue weighted by Crippen LogP contribution is -2.27. The fraction of sp³-hybridized carbons (Fsp3) is 0.174. The number of benzene rings is 3. The Labute approximate surface area is 193 Å². The van der Waals surface area contributed by atoms with Gasteiger partial charge in [-0.1, -0.05) is 36.4 Å². The summed E-state index contributed by atoms with van der Waals surface area (Å²) in [6.45, 7) is 0.140. The van der Waals surface area contributed by atoms with Crippen molar-refractivity contribution in [2.75, 3.05) is 25.7 Å². The van der Waals surface area contributed by atoms with Crippen molar-refractivity contribution in [2.24, 2.45) is 0 Å². The molecule has 0 fully saturated rings. The van der Waals surface area contributed by atoms with Crippen LogP contribution < -0.4 is 10.1 Å². The lowest BCUT2D eigenvalue weighted by Gasteiger charge is -2.19. The number of carbonyl (C=O) groups excluding carboxylic acids is 1. The summed E-state index contributed by atoms with van der Waals surface area (Å²) < 4.78 is 56.4. The number of nitrogens with one attached hydrogen (secondary N) is 1. The predicted molar refractivity (Wildman–Crippen MR) is 126 cm³/mol. The normalized spacial score (nSPS) is 11.9. The largest absolute Gasteiger partial charge is 0.495 e. The summed E-state index contributed by atoms with van der Waals surface area (Å²) in [5.74, 6) is -0.490. The minimum atomic E-state index is -3.99. The number of amides is 1. The molecule has 3 rings (SSSR count). The number of rotatable bonds is 8. The van der Waals surface area contributed by atoms with E-state index in [-0.39, 0.29) is 33.3 Å². The third-order valence-electron chi connectivity index (χ3n) is 4.88. The van der Waals surface area contributed by atoms with Crippen LogP contribution >= 0.6 is 0 Å². The molecule has 0 aliphatic rings. The highest BCUT2D eigenvalue weighted by Crippen LogP contribution is 2.28. The number of nitrogens with zero attached hydrogens (tertiary/aromatic N) is 1. The van der Waals surface area contributed by atoms with Crippen LogP contribution in [0.5, 0.6) is 5.75 Å². The number of hydrogen-bond acceptors (Lipinski definition) is 6. The van der Waals surface area contributed by atoms with E-state index in [1.165, 1.54) is 54.9 Å². The van der Waals surface area contributed by atoms with Crippen molar-refractivity contribution < 1.29 is 26.4 Å². The van der Waals surface area contributed by atoms with Crippen molar-refractivity contribution in [1.82, 2.24) is 4.31 Å². The molecule has 3 aromatic carbocycles. The van der Waals surface area contributed by atoms with Gasteiger partial charge >= 0.3 is 0 Å². The van der Waals surface area contributed by atoms with E-state index in [0.717, 1.165) is 11.8 Å². The van der Waals surface area contributed by atoms with Crippen molar-refractivity contribution in [3.63, 3.8) is 0 Å². The first-order valence-electron chi connectivity index (χ1n) is 9.82. The zero-order chi connectivity index (χ0) is 24.2. The smallest absolute Gasteiger partial charge is 0.255 e. The molecule has 0 unspecified atom stereocenters. The molecule has 1 N–H and O–H groups in total. The van der Waals surface area contributed by atoms with Crippen LogP contribution in [-0.2, 0) is 26.4 Å². The predicted octanol–water partition coefficient (Wildman–Crippen LogP) is 3.17. The van der Waals surface area contributed by atoms with Crippen molar-refractivity contribution in [1.29, 1.82) is 0 Å². The van der Waals surface area contributed by atoms with Gasteiger partial charge in [-0.25, -0.2) is 16.8 Å². The van der Waals surface area contributed by atoms with E-state index in [1.54, 1.807) is 6.07 Å². The van der Waals surface area contributed by atoms with Crippen molar-refractivity contribution in [2.45, 2.75) is 16.3 Å². The standard InChI is InChI=1S/C23H24N2O6S2/c1-25(16-17-8-5-4-6-9-17)33(29,30)22-14-18(12-13-21(22)31-2)23(26)24-19-10-7-11-20(15-19)32(3,27)28/h4-15H,16H2,1-3H3,(H,24,26). The van der Waals surface area contributed by atoms with Crippen molar-refractivity contribution >= 4 is 31.5 Å². The van der Waals surface area contributed by atoms with E-state index in [9.17, 15) is 21.6 Å². The third kappa shape index (κ3) is 5.78. The van der Waals surface area contributed by atoms with E-state index >= 15 is 0 Å². The molecule has 1 amide bonds. The van der Waals surface area contributed by atoms with Crippen LogP contribution in [0.2, 0.25) is 0 Å². The second kappa shape index (κ2) is 9.74. The Balaban J connectivity index is 1.91. The van der Waals surface area contributed by atoms with Gasteiger partial charge in [-0.3, -0.25) is 4.79 Å². The summed E-state index contributed by atoms with van der Waals surface area (Å²) in [4.78, 5) is 12.7. The SMILES string of the molecule is COc1ccc(C(=O)Nc2cccc(S(C)(=O)=O)c2)cc1S(=O)(=O)N(C)Cc1ccccc1. The molecular weight excluding hydrogens is 464 g/mol. The lowest BCUT2D eigenvalue weighted by atomic mass is 10.2. The van der Waals surface area contributed by atoms with E-state index in [0.29, 0.717) is 0 Å². The molecule has 3 aromatic rings. The number of carbonyl (C=O) groups is 1. The molecule has 0 spiro atoms. The van der Waals surface area contributed by atoms with Gasteiger partial charge in [0.1, 0.15) is 10.6 Å². The Morgan fingerprint density at radius 3 is 2.27 bits per heavy atom. The molecule has 0 atom stereocenters. The molecule has 0 saturated heterocycles. The minimum absolute atomic E-state index is 0.0563. The van der Waals surface area contributed by atoms with Crippen LogP contribution in [0.1, 0.15) is 15.9 Å².